The summed E-state index contributed by atoms with van der Waals surface area (Å²) in [6.07, 6.45) is 0. The monoisotopic (exact) mass is 226 g/mol. The standard InChI is InChI=1S/C7H7O.C2H6.Y/c1-6-4-2-3-5-7(6)8;1-2;/h2-4,8H,1H3;1-2H3;/q-1;;. The van der Waals surface area contributed by atoms with Gasteiger partial charge in [0.05, 0.1) is 0 Å². The maximum absolute atomic E-state index is 8.86. The van der Waals surface area contributed by atoms with Gasteiger partial charge in [0.25, 0.3) is 0 Å². The van der Waals surface area contributed by atoms with E-state index in [0.717, 1.165) is 5.56 Å². The Kier molecular flexibility index (Phi) is 10.2. The van der Waals surface area contributed by atoms with Crippen LogP contribution in [0.25, 0.3) is 0 Å². The Bertz CT molecular complexity index is 166. The molecule has 0 atom stereocenters. The van der Waals surface area contributed by atoms with Crippen molar-refractivity contribution in [1.29, 1.82) is 0 Å². The summed E-state index contributed by atoms with van der Waals surface area (Å²) >= 11 is 0. The third kappa shape index (κ3) is 5.40. The quantitative estimate of drug-likeness (QED) is 0.674. The Labute approximate surface area is 93.7 Å². The van der Waals surface area contributed by atoms with E-state index in [2.05, 4.69) is 6.07 Å². The molecule has 1 rings (SSSR count). The van der Waals surface area contributed by atoms with Gasteiger partial charge < -0.3 is 5.11 Å². The number of phenolic OH excluding ortho intramolecular Hbond substituents is 1. The molecule has 1 N–H and O–H groups in total. The van der Waals surface area contributed by atoms with Crippen molar-refractivity contribution in [2.45, 2.75) is 20.8 Å². The number of para-hydroxylation sites is 1. The van der Waals surface area contributed by atoms with Crippen molar-refractivity contribution >= 4 is 0 Å². The van der Waals surface area contributed by atoms with Gasteiger partial charge in [-0.15, -0.1) is 11.6 Å². The number of rotatable bonds is 0. The van der Waals surface area contributed by atoms with Gasteiger partial charge in [-0.25, -0.2) is 0 Å². The van der Waals surface area contributed by atoms with E-state index in [9.17, 15) is 0 Å². The van der Waals surface area contributed by atoms with Gasteiger partial charge in [0, 0.05) is 38.5 Å². The Morgan fingerprint density at radius 3 is 2.18 bits per heavy atom. The van der Waals surface area contributed by atoms with Gasteiger partial charge in [-0.3, -0.25) is 0 Å². The number of aromatic hydroxyl groups is 1. The molecule has 0 saturated carbocycles. The maximum atomic E-state index is 8.86. The van der Waals surface area contributed by atoms with Crippen LogP contribution in [0.1, 0.15) is 19.4 Å². The van der Waals surface area contributed by atoms with Gasteiger partial charge in [0.1, 0.15) is 0 Å². The van der Waals surface area contributed by atoms with E-state index >= 15 is 0 Å². The van der Waals surface area contributed by atoms with E-state index in [1.165, 1.54) is 0 Å². The van der Waals surface area contributed by atoms with Gasteiger partial charge in [-0.1, -0.05) is 20.8 Å². The fourth-order valence-corrected chi connectivity index (χ4v) is 0.512. The molecular weight excluding hydrogens is 213 g/mol. The van der Waals surface area contributed by atoms with E-state index in [1.54, 1.807) is 6.07 Å². The minimum atomic E-state index is 0. The number of aryl methyl sites for hydroxylation is 1. The van der Waals surface area contributed by atoms with Crippen LogP contribution in [0, 0.1) is 13.0 Å². The Hall–Kier alpha value is 0.124. The average molecular weight is 226 g/mol. The molecule has 0 heterocycles. The zero-order valence-corrected chi connectivity index (χ0v) is 10.1. The van der Waals surface area contributed by atoms with Gasteiger partial charge in [0.2, 0.25) is 0 Å². The smallest absolute Gasteiger partial charge is 0.00684 e. The van der Waals surface area contributed by atoms with Crippen LogP contribution < -0.4 is 0 Å². The van der Waals surface area contributed by atoms with Crippen molar-refractivity contribution in [3.8, 4) is 5.75 Å². The molecule has 2 heteroatoms. The summed E-state index contributed by atoms with van der Waals surface area (Å²) < 4.78 is 0. The fourth-order valence-electron chi connectivity index (χ4n) is 0.512. The summed E-state index contributed by atoms with van der Waals surface area (Å²) in [5.74, 6) is 0.243. The van der Waals surface area contributed by atoms with Gasteiger partial charge >= 0.3 is 0 Å². The summed E-state index contributed by atoms with van der Waals surface area (Å²) in [4.78, 5) is 0. The summed E-state index contributed by atoms with van der Waals surface area (Å²) in [5, 5.41) is 8.86. The second-order valence-corrected chi connectivity index (χ2v) is 1.70. The minimum absolute atomic E-state index is 0. The fraction of sp³-hybridized carbons (Fsp3) is 0.333. The topological polar surface area (TPSA) is 20.2 Å². The summed E-state index contributed by atoms with van der Waals surface area (Å²) in [6, 6.07) is 8.02. The van der Waals surface area contributed by atoms with Crippen molar-refractivity contribution in [2.75, 3.05) is 0 Å². The van der Waals surface area contributed by atoms with Gasteiger partial charge in [0.15, 0.2) is 0 Å². The minimum Gasteiger partial charge on any atom is -0.534 e. The Balaban J connectivity index is 0. The largest absolute Gasteiger partial charge is 0.534 e. The van der Waals surface area contributed by atoms with Crippen molar-refractivity contribution in [2.24, 2.45) is 0 Å². The first kappa shape index (κ1) is 13.7. The molecule has 0 spiro atoms. The molecule has 1 radical (unpaired) electrons. The molecule has 0 saturated heterocycles. The first-order valence-corrected chi connectivity index (χ1v) is 3.47. The molecule has 1 aromatic rings. The van der Waals surface area contributed by atoms with Gasteiger partial charge in [-0.2, -0.15) is 18.2 Å². The van der Waals surface area contributed by atoms with E-state index in [0.29, 0.717) is 0 Å². The predicted octanol–water partition coefficient (Wildman–Crippen LogP) is 2.52. The molecular formula is C9H13OY-. The number of benzene rings is 1. The van der Waals surface area contributed by atoms with Crippen LogP contribution in [0.5, 0.6) is 5.75 Å². The molecule has 0 amide bonds. The van der Waals surface area contributed by atoms with E-state index in [-0.39, 0.29) is 38.5 Å². The zero-order valence-electron chi connectivity index (χ0n) is 7.26. The van der Waals surface area contributed by atoms with E-state index in [4.69, 9.17) is 5.11 Å². The molecule has 11 heavy (non-hydrogen) atoms. The van der Waals surface area contributed by atoms with Crippen molar-refractivity contribution in [3.05, 3.63) is 29.8 Å². The molecule has 0 aliphatic rings. The first-order valence-electron chi connectivity index (χ1n) is 3.47. The molecule has 0 bridgehead atoms. The molecule has 1 aromatic carbocycles. The second-order valence-electron chi connectivity index (χ2n) is 1.70. The van der Waals surface area contributed by atoms with Crippen molar-refractivity contribution in [1.82, 2.24) is 0 Å². The number of hydrogen-bond donors (Lipinski definition) is 1. The summed E-state index contributed by atoms with van der Waals surface area (Å²) in [7, 11) is 0. The van der Waals surface area contributed by atoms with Crippen LogP contribution in [-0.2, 0) is 32.7 Å². The zero-order chi connectivity index (χ0) is 7.98. The summed E-state index contributed by atoms with van der Waals surface area (Å²) in [6.45, 7) is 5.84. The first-order chi connectivity index (χ1) is 4.80. The van der Waals surface area contributed by atoms with Crippen LogP contribution in [-0.4, -0.2) is 5.11 Å². The number of hydrogen-bond acceptors (Lipinski definition) is 1. The van der Waals surface area contributed by atoms with Crippen molar-refractivity contribution in [3.63, 3.8) is 0 Å². The third-order valence-electron chi connectivity index (χ3n) is 1.04. The summed E-state index contributed by atoms with van der Waals surface area (Å²) in [5.41, 5.74) is 0.868. The van der Waals surface area contributed by atoms with Crippen LogP contribution in [0.15, 0.2) is 18.2 Å². The van der Waals surface area contributed by atoms with Gasteiger partial charge in [-0.05, 0) is 0 Å². The Morgan fingerprint density at radius 1 is 1.36 bits per heavy atom. The molecule has 0 fully saturated rings. The number of phenols is 1. The normalized spacial score (nSPS) is 7.18. The molecule has 0 aliphatic carbocycles. The van der Waals surface area contributed by atoms with Crippen LogP contribution in [0.3, 0.4) is 0 Å². The van der Waals surface area contributed by atoms with E-state index < -0.39 is 0 Å². The van der Waals surface area contributed by atoms with Crippen LogP contribution >= 0.6 is 0 Å². The molecule has 1 nitrogen and oxygen atoms in total. The molecule has 0 unspecified atom stereocenters. The average Bonchev–Trinajstić information content (AvgIpc) is 2.00. The Morgan fingerprint density at radius 2 is 1.91 bits per heavy atom. The van der Waals surface area contributed by atoms with Crippen molar-refractivity contribution < 1.29 is 37.8 Å². The maximum Gasteiger partial charge on any atom is 0.00684 e. The van der Waals surface area contributed by atoms with Crippen LogP contribution in [0.2, 0.25) is 0 Å². The SMILES string of the molecule is CC.Cc1ccc[c-]c1O.[Y]. The second kappa shape index (κ2) is 8.22. The molecule has 59 valence electrons. The predicted molar refractivity (Wildman–Crippen MR) is 43.0 cm³/mol. The molecule has 0 aliphatic heterocycles. The third-order valence-corrected chi connectivity index (χ3v) is 1.04. The van der Waals surface area contributed by atoms with E-state index in [1.807, 2.05) is 32.9 Å². The van der Waals surface area contributed by atoms with Crippen LogP contribution in [0.4, 0.5) is 0 Å². The molecule has 0 aromatic heterocycles.